The highest BCUT2D eigenvalue weighted by Crippen LogP contribution is 2.31. The summed E-state index contributed by atoms with van der Waals surface area (Å²) in [5.41, 5.74) is 0.952. The number of para-hydroxylation sites is 1. The van der Waals surface area contributed by atoms with Gasteiger partial charge in [0.2, 0.25) is 5.88 Å². The number of fused-ring (bicyclic) bond motifs is 1. The largest absolute Gasteiger partial charge is 0.455 e. The van der Waals surface area contributed by atoms with Crippen LogP contribution in [0.15, 0.2) is 35.6 Å². The molecule has 1 aliphatic heterocycles. The van der Waals surface area contributed by atoms with Crippen LogP contribution < -0.4 is 9.64 Å². The Labute approximate surface area is 124 Å². The predicted molar refractivity (Wildman–Crippen MR) is 77.6 cm³/mol. The first kappa shape index (κ1) is 13.2. The third kappa shape index (κ3) is 2.21. The van der Waals surface area contributed by atoms with E-state index in [0.29, 0.717) is 27.3 Å². The van der Waals surface area contributed by atoms with Gasteiger partial charge in [0.05, 0.1) is 10.7 Å². The van der Waals surface area contributed by atoms with Gasteiger partial charge in [-0.3, -0.25) is 9.69 Å². The smallest absolute Gasteiger partial charge is 0.268 e. The van der Waals surface area contributed by atoms with Crippen LogP contribution in [0, 0.1) is 0 Å². The number of halogens is 1. The lowest BCUT2D eigenvalue weighted by Gasteiger charge is -2.28. The van der Waals surface area contributed by atoms with Crippen molar-refractivity contribution in [3.8, 4) is 5.88 Å². The normalized spacial score (nSPS) is 13.9. The molecule has 2 heterocycles. The maximum absolute atomic E-state index is 12.5. The van der Waals surface area contributed by atoms with Crippen molar-refractivity contribution < 1.29 is 9.53 Å². The van der Waals surface area contributed by atoms with Crippen LogP contribution in [0.3, 0.4) is 0 Å². The molecular weight excluding hydrogens is 298 g/mol. The molecule has 7 heteroatoms. The van der Waals surface area contributed by atoms with Crippen molar-refractivity contribution >= 4 is 35.0 Å². The molecule has 20 heavy (non-hydrogen) atoms. The number of ether oxygens (including phenoxy) is 1. The van der Waals surface area contributed by atoms with Crippen molar-refractivity contribution in [3.05, 3.63) is 41.0 Å². The van der Waals surface area contributed by atoms with E-state index in [0.717, 1.165) is 0 Å². The molecule has 2 aromatic rings. The first-order valence-electron chi connectivity index (χ1n) is 5.81. The van der Waals surface area contributed by atoms with Crippen LogP contribution in [0.5, 0.6) is 5.88 Å². The van der Waals surface area contributed by atoms with Crippen LogP contribution >= 0.6 is 23.4 Å². The van der Waals surface area contributed by atoms with Crippen LogP contribution in [0.1, 0.15) is 10.4 Å². The molecule has 0 aliphatic carbocycles. The van der Waals surface area contributed by atoms with E-state index in [9.17, 15) is 4.79 Å². The van der Waals surface area contributed by atoms with Crippen molar-refractivity contribution in [1.29, 1.82) is 0 Å². The SMILES string of the molecule is CSc1ncc2c(n1)OCN(c1ccccc1Cl)C2=O. The summed E-state index contributed by atoms with van der Waals surface area (Å²) in [6.07, 6.45) is 3.35. The first-order valence-corrected chi connectivity index (χ1v) is 7.41. The number of hydrogen-bond acceptors (Lipinski definition) is 5. The molecule has 0 radical (unpaired) electrons. The number of rotatable bonds is 2. The third-order valence-corrected chi connectivity index (χ3v) is 3.74. The maximum Gasteiger partial charge on any atom is 0.268 e. The monoisotopic (exact) mass is 307 g/mol. The quantitative estimate of drug-likeness (QED) is 0.631. The van der Waals surface area contributed by atoms with Crippen molar-refractivity contribution in [1.82, 2.24) is 9.97 Å². The zero-order valence-electron chi connectivity index (χ0n) is 10.5. The number of anilines is 1. The minimum atomic E-state index is -0.216. The van der Waals surface area contributed by atoms with Crippen LogP contribution in [0.25, 0.3) is 0 Å². The van der Waals surface area contributed by atoms with Crippen molar-refractivity contribution in [2.45, 2.75) is 5.16 Å². The standard InChI is InChI=1S/C13H10ClN3O2S/c1-20-13-15-6-8-11(16-13)19-7-17(12(8)18)10-5-3-2-4-9(10)14/h2-6H,7H2,1H3. The summed E-state index contributed by atoms with van der Waals surface area (Å²) < 4.78 is 5.54. The summed E-state index contributed by atoms with van der Waals surface area (Å²) in [6.45, 7) is 0.0837. The number of nitrogens with zero attached hydrogens (tertiary/aromatic N) is 3. The van der Waals surface area contributed by atoms with Crippen molar-refractivity contribution in [2.75, 3.05) is 17.9 Å². The van der Waals surface area contributed by atoms with Gasteiger partial charge in [-0.05, 0) is 18.4 Å². The Morgan fingerprint density at radius 3 is 2.95 bits per heavy atom. The number of benzene rings is 1. The topological polar surface area (TPSA) is 55.3 Å². The van der Waals surface area contributed by atoms with Gasteiger partial charge in [0, 0.05) is 6.20 Å². The van der Waals surface area contributed by atoms with E-state index in [1.165, 1.54) is 22.9 Å². The minimum Gasteiger partial charge on any atom is -0.455 e. The number of carbonyl (C=O) groups excluding carboxylic acids is 1. The minimum absolute atomic E-state index is 0.0837. The fraction of sp³-hybridized carbons (Fsp3) is 0.154. The number of hydrogen-bond donors (Lipinski definition) is 0. The van der Waals surface area contributed by atoms with E-state index in [2.05, 4.69) is 9.97 Å². The highest BCUT2D eigenvalue weighted by Gasteiger charge is 2.29. The molecule has 1 aromatic carbocycles. The molecule has 102 valence electrons. The highest BCUT2D eigenvalue weighted by molar-refractivity contribution is 7.98. The molecular formula is C13H10ClN3O2S. The maximum atomic E-state index is 12.5. The fourth-order valence-corrected chi connectivity index (χ4v) is 2.46. The Kier molecular flexibility index (Phi) is 3.50. The van der Waals surface area contributed by atoms with Gasteiger partial charge >= 0.3 is 0 Å². The first-order chi connectivity index (χ1) is 9.70. The molecule has 1 amide bonds. The lowest BCUT2D eigenvalue weighted by atomic mass is 10.2. The molecule has 0 unspecified atom stereocenters. The second kappa shape index (κ2) is 5.30. The number of thioether (sulfide) groups is 1. The Balaban J connectivity index is 1.99. The summed E-state index contributed by atoms with van der Waals surface area (Å²) in [7, 11) is 0. The van der Waals surface area contributed by atoms with Crippen molar-refractivity contribution in [3.63, 3.8) is 0 Å². The molecule has 0 atom stereocenters. The average Bonchev–Trinajstić information content (AvgIpc) is 2.48. The molecule has 5 nitrogen and oxygen atoms in total. The third-order valence-electron chi connectivity index (χ3n) is 2.86. The van der Waals surface area contributed by atoms with Gasteiger partial charge in [0.15, 0.2) is 11.9 Å². The number of carbonyl (C=O) groups is 1. The van der Waals surface area contributed by atoms with Gasteiger partial charge < -0.3 is 4.74 Å². The zero-order chi connectivity index (χ0) is 14.1. The van der Waals surface area contributed by atoms with Crippen LogP contribution in [0.2, 0.25) is 5.02 Å². The molecule has 0 saturated heterocycles. The van der Waals surface area contributed by atoms with E-state index in [1.807, 2.05) is 18.4 Å². The van der Waals surface area contributed by atoms with Crippen LogP contribution in [0.4, 0.5) is 5.69 Å². The van der Waals surface area contributed by atoms with Gasteiger partial charge in [0.25, 0.3) is 5.91 Å². The second-order valence-electron chi connectivity index (χ2n) is 4.03. The molecule has 3 rings (SSSR count). The molecule has 0 N–H and O–H groups in total. The van der Waals surface area contributed by atoms with Crippen LogP contribution in [-0.2, 0) is 0 Å². The average molecular weight is 308 g/mol. The molecule has 1 aromatic heterocycles. The Morgan fingerprint density at radius 2 is 2.20 bits per heavy atom. The summed E-state index contributed by atoms with van der Waals surface area (Å²) in [6, 6.07) is 7.12. The zero-order valence-corrected chi connectivity index (χ0v) is 12.1. The summed E-state index contributed by atoms with van der Waals surface area (Å²) in [5.74, 6) is 0.102. The van der Waals surface area contributed by atoms with Gasteiger partial charge in [-0.2, -0.15) is 4.98 Å². The van der Waals surface area contributed by atoms with E-state index in [1.54, 1.807) is 12.1 Å². The Morgan fingerprint density at radius 1 is 1.40 bits per heavy atom. The molecule has 0 saturated carbocycles. The van der Waals surface area contributed by atoms with Crippen molar-refractivity contribution in [2.24, 2.45) is 0 Å². The Hall–Kier alpha value is -1.79. The van der Waals surface area contributed by atoms with E-state index >= 15 is 0 Å². The molecule has 0 spiro atoms. The Bertz CT molecular complexity index is 680. The molecule has 0 fully saturated rings. The highest BCUT2D eigenvalue weighted by atomic mass is 35.5. The number of aromatic nitrogens is 2. The fourth-order valence-electron chi connectivity index (χ4n) is 1.89. The summed E-state index contributed by atoms with van der Waals surface area (Å²) in [5, 5.41) is 1.07. The van der Waals surface area contributed by atoms with E-state index in [4.69, 9.17) is 16.3 Å². The lowest BCUT2D eigenvalue weighted by molar-refractivity contribution is 0.0931. The van der Waals surface area contributed by atoms with Gasteiger partial charge in [0.1, 0.15) is 5.56 Å². The molecule has 1 aliphatic rings. The predicted octanol–water partition coefficient (Wildman–Crippen LogP) is 2.85. The summed E-state index contributed by atoms with van der Waals surface area (Å²) >= 11 is 7.51. The molecule has 0 bridgehead atoms. The summed E-state index contributed by atoms with van der Waals surface area (Å²) in [4.78, 5) is 22.2. The second-order valence-corrected chi connectivity index (χ2v) is 5.21. The van der Waals surface area contributed by atoms with Gasteiger partial charge in [-0.15, -0.1) is 0 Å². The lowest BCUT2D eigenvalue weighted by Crippen LogP contribution is -2.39. The van der Waals surface area contributed by atoms with Crippen LogP contribution in [-0.4, -0.2) is 28.9 Å². The number of amides is 1. The van der Waals surface area contributed by atoms with E-state index < -0.39 is 0 Å². The van der Waals surface area contributed by atoms with Gasteiger partial charge in [-0.25, -0.2) is 4.98 Å². The van der Waals surface area contributed by atoms with E-state index in [-0.39, 0.29) is 12.6 Å². The van der Waals surface area contributed by atoms with Gasteiger partial charge in [-0.1, -0.05) is 35.5 Å².